The molecule has 21 heavy (non-hydrogen) atoms. The van der Waals surface area contributed by atoms with E-state index >= 15 is 0 Å². The summed E-state index contributed by atoms with van der Waals surface area (Å²) >= 11 is 0. The zero-order valence-electron chi connectivity index (χ0n) is 11.9. The van der Waals surface area contributed by atoms with Crippen molar-refractivity contribution in [2.24, 2.45) is 0 Å². The molecule has 118 valence electrons. The third-order valence-corrected chi connectivity index (χ3v) is 2.84. The maximum Gasteiger partial charge on any atom is 0.338 e. The Balaban J connectivity index is 2.79. The molecule has 0 atom stereocenters. The Hall–Kier alpha value is -1.67. The third-order valence-electron chi connectivity index (χ3n) is 2.16. The van der Waals surface area contributed by atoms with Crippen molar-refractivity contribution in [1.82, 2.24) is 0 Å². The van der Waals surface area contributed by atoms with Crippen LogP contribution < -0.4 is 4.74 Å². The topological polar surface area (TPSA) is 89.9 Å². The molecule has 1 N–H and O–H groups in total. The van der Waals surface area contributed by atoms with E-state index in [1.54, 1.807) is 20.8 Å². The van der Waals surface area contributed by atoms with Gasteiger partial charge in [-0.1, -0.05) is 0 Å². The van der Waals surface area contributed by atoms with E-state index in [4.69, 9.17) is 9.29 Å². The fourth-order valence-electron chi connectivity index (χ4n) is 1.36. The van der Waals surface area contributed by atoms with Gasteiger partial charge in [0.1, 0.15) is 18.0 Å². The fourth-order valence-corrected chi connectivity index (χ4v) is 1.66. The average molecular weight is 320 g/mol. The van der Waals surface area contributed by atoms with E-state index in [-0.39, 0.29) is 11.3 Å². The van der Waals surface area contributed by atoms with Crippen LogP contribution in [0.15, 0.2) is 18.2 Å². The first-order chi connectivity index (χ1) is 9.48. The molecular formula is C13H17FO6S. The summed E-state index contributed by atoms with van der Waals surface area (Å²) in [7, 11) is -4.20. The number of carbonyl (C=O) groups excluding carboxylic acids is 1. The molecule has 0 aliphatic rings. The van der Waals surface area contributed by atoms with Gasteiger partial charge in [-0.25, -0.2) is 9.18 Å². The van der Waals surface area contributed by atoms with E-state index in [1.165, 1.54) is 12.1 Å². The Morgan fingerprint density at radius 1 is 1.33 bits per heavy atom. The van der Waals surface area contributed by atoms with Crippen LogP contribution in [0.2, 0.25) is 0 Å². The van der Waals surface area contributed by atoms with Gasteiger partial charge in [-0.05, 0) is 39.0 Å². The van der Waals surface area contributed by atoms with Crippen molar-refractivity contribution in [2.45, 2.75) is 26.4 Å². The highest BCUT2D eigenvalue weighted by Gasteiger charge is 2.18. The Bertz CT molecular complexity index is 618. The summed E-state index contributed by atoms with van der Waals surface area (Å²) in [5, 5.41) is 0. The van der Waals surface area contributed by atoms with E-state index in [9.17, 15) is 17.6 Å². The Labute approximate surface area is 122 Å². The smallest absolute Gasteiger partial charge is 0.338 e. The largest absolute Gasteiger partial charge is 0.485 e. The number of carbonyl (C=O) groups is 1. The number of benzene rings is 1. The highest BCUT2D eigenvalue weighted by Crippen LogP contribution is 2.23. The van der Waals surface area contributed by atoms with Crippen LogP contribution in [0.4, 0.5) is 4.39 Å². The summed E-state index contributed by atoms with van der Waals surface area (Å²) in [6.45, 7) is 4.68. The van der Waals surface area contributed by atoms with Crippen LogP contribution in [0.1, 0.15) is 31.1 Å². The molecule has 0 saturated heterocycles. The molecular weight excluding hydrogens is 303 g/mol. The number of halogens is 1. The first-order valence-electron chi connectivity index (χ1n) is 6.09. The highest BCUT2D eigenvalue weighted by atomic mass is 32.2. The molecule has 1 aromatic rings. The molecule has 0 radical (unpaired) electrons. The lowest BCUT2D eigenvalue weighted by molar-refractivity contribution is 0.0526. The van der Waals surface area contributed by atoms with Crippen LogP contribution in [-0.4, -0.2) is 36.9 Å². The van der Waals surface area contributed by atoms with E-state index in [2.05, 4.69) is 4.74 Å². The number of ether oxygens (including phenoxy) is 2. The van der Waals surface area contributed by atoms with Crippen molar-refractivity contribution >= 4 is 16.1 Å². The number of hydrogen-bond donors (Lipinski definition) is 1. The van der Waals surface area contributed by atoms with Crippen molar-refractivity contribution in [2.75, 3.05) is 12.4 Å². The molecule has 0 bridgehead atoms. The number of esters is 1. The zero-order valence-corrected chi connectivity index (χ0v) is 12.7. The molecule has 0 aromatic heterocycles. The molecule has 0 saturated carbocycles. The van der Waals surface area contributed by atoms with Crippen LogP contribution >= 0.6 is 0 Å². The lowest BCUT2D eigenvalue weighted by Crippen LogP contribution is -2.23. The first-order valence-corrected chi connectivity index (χ1v) is 7.70. The Morgan fingerprint density at radius 2 is 1.95 bits per heavy atom. The lowest BCUT2D eigenvalue weighted by Gasteiger charge is -2.21. The fraction of sp³-hybridized carbons (Fsp3) is 0.462. The van der Waals surface area contributed by atoms with E-state index in [0.29, 0.717) is 0 Å². The van der Waals surface area contributed by atoms with Gasteiger partial charge in [-0.15, -0.1) is 0 Å². The van der Waals surface area contributed by atoms with Gasteiger partial charge in [-0.3, -0.25) is 4.55 Å². The summed E-state index contributed by atoms with van der Waals surface area (Å²) in [6, 6.07) is 3.43. The number of rotatable bonds is 5. The third kappa shape index (κ3) is 6.54. The molecule has 0 heterocycles. The van der Waals surface area contributed by atoms with Crippen LogP contribution in [0.3, 0.4) is 0 Å². The molecule has 1 aromatic carbocycles. The predicted molar refractivity (Wildman–Crippen MR) is 73.5 cm³/mol. The highest BCUT2D eigenvalue weighted by molar-refractivity contribution is 7.85. The van der Waals surface area contributed by atoms with Crippen molar-refractivity contribution in [3.8, 4) is 5.75 Å². The van der Waals surface area contributed by atoms with Gasteiger partial charge in [0.25, 0.3) is 10.1 Å². The maximum atomic E-state index is 13.6. The maximum absolute atomic E-state index is 13.6. The van der Waals surface area contributed by atoms with E-state index in [0.717, 1.165) is 6.07 Å². The van der Waals surface area contributed by atoms with Gasteiger partial charge >= 0.3 is 5.97 Å². The second-order valence-corrected chi connectivity index (χ2v) is 6.85. The minimum absolute atomic E-state index is 0.0194. The summed E-state index contributed by atoms with van der Waals surface area (Å²) in [5.74, 6) is -2.27. The lowest BCUT2D eigenvalue weighted by atomic mass is 10.1. The molecule has 0 fully saturated rings. The molecule has 0 amide bonds. The standard InChI is InChI=1S/C13H17FO6S/c1-13(2,3)20-11-8-9(4-5-10(11)14)12(15)19-6-7-21(16,17)18/h4-5,8H,6-7H2,1-3H3,(H,16,17,18). The van der Waals surface area contributed by atoms with Crippen LogP contribution in [0, 0.1) is 5.82 Å². The summed E-state index contributed by atoms with van der Waals surface area (Å²) in [4.78, 5) is 11.7. The second kappa shape index (κ2) is 6.40. The van der Waals surface area contributed by atoms with Gasteiger partial charge in [0.2, 0.25) is 0 Å². The Kier molecular flexibility index (Phi) is 5.30. The number of hydrogen-bond acceptors (Lipinski definition) is 5. The van der Waals surface area contributed by atoms with Crippen molar-refractivity contribution in [1.29, 1.82) is 0 Å². The minimum Gasteiger partial charge on any atom is -0.485 e. The minimum atomic E-state index is -4.20. The SMILES string of the molecule is CC(C)(C)Oc1cc(C(=O)OCCS(=O)(=O)O)ccc1F. The second-order valence-electron chi connectivity index (χ2n) is 5.28. The molecule has 0 spiro atoms. The quantitative estimate of drug-likeness (QED) is 0.659. The van der Waals surface area contributed by atoms with Crippen molar-refractivity contribution < 1.29 is 31.6 Å². The molecule has 0 aliphatic heterocycles. The molecule has 8 heteroatoms. The van der Waals surface area contributed by atoms with Gasteiger partial charge < -0.3 is 9.47 Å². The zero-order chi connectivity index (χ0) is 16.3. The first kappa shape index (κ1) is 17.4. The molecule has 0 unspecified atom stereocenters. The molecule has 0 aliphatic carbocycles. The van der Waals surface area contributed by atoms with Crippen molar-refractivity contribution in [3.05, 3.63) is 29.6 Å². The monoisotopic (exact) mass is 320 g/mol. The summed E-state index contributed by atoms with van der Waals surface area (Å²) in [5.41, 5.74) is -0.625. The predicted octanol–water partition coefficient (Wildman–Crippen LogP) is 2.05. The van der Waals surface area contributed by atoms with Crippen molar-refractivity contribution in [3.63, 3.8) is 0 Å². The normalized spacial score (nSPS) is 12.0. The van der Waals surface area contributed by atoms with E-state index < -0.39 is 39.9 Å². The van der Waals surface area contributed by atoms with E-state index in [1.807, 2.05) is 0 Å². The molecule has 1 rings (SSSR count). The molecule has 6 nitrogen and oxygen atoms in total. The van der Waals surface area contributed by atoms with Gasteiger partial charge in [0, 0.05) is 0 Å². The van der Waals surface area contributed by atoms with Crippen LogP contribution in [-0.2, 0) is 14.9 Å². The van der Waals surface area contributed by atoms with Crippen LogP contribution in [0.5, 0.6) is 5.75 Å². The summed E-state index contributed by atoms with van der Waals surface area (Å²) in [6.07, 6.45) is 0. The van der Waals surface area contributed by atoms with Gasteiger partial charge in [0.15, 0.2) is 11.6 Å². The summed E-state index contributed by atoms with van der Waals surface area (Å²) < 4.78 is 53.1. The average Bonchev–Trinajstić information content (AvgIpc) is 2.28. The van der Waals surface area contributed by atoms with Gasteiger partial charge in [0.05, 0.1) is 5.56 Å². The Morgan fingerprint density at radius 3 is 2.48 bits per heavy atom. The van der Waals surface area contributed by atoms with Crippen LogP contribution in [0.25, 0.3) is 0 Å². The van der Waals surface area contributed by atoms with Gasteiger partial charge in [-0.2, -0.15) is 8.42 Å².